The average molecular weight is 321 g/mol. The zero-order valence-corrected chi connectivity index (χ0v) is 13.4. The number of likely N-dealkylation sites (tertiary alicyclic amines) is 1. The third-order valence-corrected chi connectivity index (χ3v) is 3.99. The van der Waals surface area contributed by atoms with E-state index in [-0.39, 0.29) is 5.91 Å². The second kappa shape index (κ2) is 8.41. The van der Waals surface area contributed by atoms with Crippen LogP contribution in [0, 0.1) is 5.92 Å². The molecule has 6 nitrogen and oxygen atoms in total. The van der Waals surface area contributed by atoms with Crippen LogP contribution in [0.3, 0.4) is 0 Å². The number of aliphatic carboxylic acids is 1. The fourth-order valence-electron chi connectivity index (χ4n) is 2.65. The number of methoxy groups -OCH3 is 1. The summed E-state index contributed by atoms with van der Waals surface area (Å²) in [6, 6.07) is 7.28. The van der Waals surface area contributed by atoms with Crippen LogP contribution in [0.15, 0.2) is 24.3 Å². The molecule has 1 aromatic carbocycles. The summed E-state index contributed by atoms with van der Waals surface area (Å²) in [4.78, 5) is 24.8. The molecular weight excluding hydrogens is 298 g/mol. The van der Waals surface area contributed by atoms with Crippen molar-refractivity contribution in [3.8, 4) is 11.5 Å². The first-order valence-corrected chi connectivity index (χ1v) is 7.87. The van der Waals surface area contributed by atoms with E-state index in [9.17, 15) is 9.59 Å². The molecule has 1 heterocycles. The minimum absolute atomic E-state index is 0.00859. The van der Waals surface area contributed by atoms with Gasteiger partial charge in [-0.1, -0.05) is 0 Å². The fourth-order valence-corrected chi connectivity index (χ4v) is 2.65. The van der Waals surface area contributed by atoms with Crippen LogP contribution >= 0.6 is 0 Å². The van der Waals surface area contributed by atoms with Gasteiger partial charge in [0.05, 0.1) is 19.6 Å². The molecule has 126 valence electrons. The van der Waals surface area contributed by atoms with E-state index in [0.29, 0.717) is 39.0 Å². The van der Waals surface area contributed by atoms with Gasteiger partial charge in [-0.15, -0.1) is 0 Å². The van der Waals surface area contributed by atoms with Crippen molar-refractivity contribution in [3.05, 3.63) is 24.3 Å². The third kappa shape index (κ3) is 5.16. The Labute approximate surface area is 136 Å². The predicted molar refractivity (Wildman–Crippen MR) is 84.7 cm³/mol. The van der Waals surface area contributed by atoms with E-state index in [1.807, 2.05) is 24.3 Å². The summed E-state index contributed by atoms with van der Waals surface area (Å²) in [6.45, 7) is 1.43. The maximum absolute atomic E-state index is 12.1. The van der Waals surface area contributed by atoms with E-state index in [4.69, 9.17) is 14.6 Å². The summed E-state index contributed by atoms with van der Waals surface area (Å²) in [6.07, 6.45) is 2.40. The molecule has 0 radical (unpaired) electrons. The largest absolute Gasteiger partial charge is 0.497 e. The van der Waals surface area contributed by atoms with E-state index >= 15 is 0 Å². The van der Waals surface area contributed by atoms with Gasteiger partial charge in [0, 0.05) is 19.5 Å². The number of amides is 1. The fraction of sp³-hybridized carbons (Fsp3) is 0.529. The molecule has 2 rings (SSSR count). The highest BCUT2D eigenvalue weighted by molar-refractivity contribution is 5.78. The lowest BCUT2D eigenvalue weighted by Gasteiger charge is -2.30. The Morgan fingerprint density at radius 3 is 2.61 bits per heavy atom. The summed E-state index contributed by atoms with van der Waals surface area (Å²) in [7, 11) is 1.61. The maximum Gasteiger partial charge on any atom is 0.308 e. The van der Waals surface area contributed by atoms with Crippen molar-refractivity contribution in [2.75, 3.05) is 26.8 Å². The minimum Gasteiger partial charge on any atom is -0.497 e. The zero-order chi connectivity index (χ0) is 16.7. The van der Waals surface area contributed by atoms with Crippen LogP contribution in [-0.4, -0.2) is 48.7 Å². The highest BCUT2D eigenvalue weighted by Crippen LogP contribution is 2.19. The van der Waals surface area contributed by atoms with Crippen LogP contribution in [0.5, 0.6) is 11.5 Å². The zero-order valence-electron chi connectivity index (χ0n) is 13.4. The van der Waals surface area contributed by atoms with Crippen LogP contribution in [0.25, 0.3) is 0 Å². The van der Waals surface area contributed by atoms with Crippen LogP contribution in [0.1, 0.15) is 25.7 Å². The number of carbonyl (C=O) groups is 2. The predicted octanol–water partition coefficient (Wildman–Crippen LogP) is 2.18. The average Bonchev–Trinajstić information content (AvgIpc) is 2.59. The van der Waals surface area contributed by atoms with Crippen LogP contribution in [-0.2, 0) is 9.59 Å². The standard InChI is InChI=1S/C17H23NO5/c1-22-14-6-8-15(9-7-14)23-11-3-5-16(19)18-10-2-4-13(12-18)17(20)21/h6-9,13H,2-5,10-12H2,1H3,(H,20,21)/t13-/m0/s1. The topological polar surface area (TPSA) is 76.1 Å². The number of nitrogens with zero attached hydrogens (tertiary/aromatic N) is 1. The first-order valence-electron chi connectivity index (χ1n) is 7.87. The van der Waals surface area contributed by atoms with Crippen LogP contribution < -0.4 is 9.47 Å². The Bertz CT molecular complexity index is 528. The highest BCUT2D eigenvalue weighted by atomic mass is 16.5. The van der Waals surface area contributed by atoms with E-state index in [1.54, 1.807) is 12.0 Å². The molecule has 0 aromatic heterocycles. The summed E-state index contributed by atoms with van der Waals surface area (Å²) in [5.41, 5.74) is 0. The van der Waals surface area contributed by atoms with E-state index in [0.717, 1.165) is 17.9 Å². The molecule has 1 fully saturated rings. The monoisotopic (exact) mass is 321 g/mol. The van der Waals surface area contributed by atoms with Gasteiger partial charge in [0.2, 0.25) is 5.91 Å². The lowest BCUT2D eigenvalue weighted by Crippen LogP contribution is -2.42. The second-order valence-electron chi connectivity index (χ2n) is 5.64. The normalized spacial score (nSPS) is 17.6. The van der Waals surface area contributed by atoms with Crippen molar-refractivity contribution in [2.24, 2.45) is 5.92 Å². The molecule has 1 aliphatic rings. The van der Waals surface area contributed by atoms with Gasteiger partial charge >= 0.3 is 5.97 Å². The van der Waals surface area contributed by atoms with E-state index < -0.39 is 11.9 Å². The quantitative estimate of drug-likeness (QED) is 0.779. The van der Waals surface area contributed by atoms with Gasteiger partial charge in [0.25, 0.3) is 0 Å². The Kier molecular flexibility index (Phi) is 6.26. The smallest absolute Gasteiger partial charge is 0.308 e. The number of carboxylic acid groups (broad SMARTS) is 1. The molecule has 0 spiro atoms. The number of hydrogen-bond donors (Lipinski definition) is 1. The molecule has 1 aliphatic heterocycles. The Hall–Kier alpha value is -2.24. The first-order chi connectivity index (χ1) is 11.1. The van der Waals surface area contributed by atoms with Gasteiger partial charge in [-0.25, -0.2) is 0 Å². The SMILES string of the molecule is COc1ccc(OCCCC(=O)N2CCC[C@H](C(=O)O)C2)cc1. The van der Waals surface area contributed by atoms with E-state index in [2.05, 4.69) is 0 Å². The number of carbonyl (C=O) groups excluding carboxylic acids is 1. The van der Waals surface area contributed by atoms with Crippen molar-refractivity contribution in [1.29, 1.82) is 0 Å². The highest BCUT2D eigenvalue weighted by Gasteiger charge is 2.27. The van der Waals surface area contributed by atoms with Gasteiger partial charge in [0.1, 0.15) is 11.5 Å². The number of ether oxygens (including phenoxy) is 2. The van der Waals surface area contributed by atoms with Gasteiger partial charge in [-0.3, -0.25) is 9.59 Å². The van der Waals surface area contributed by atoms with Crippen LogP contribution in [0.4, 0.5) is 0 Å². The molecule has 0 aliphatic carbocycles. The van der Waals surface area contributed by atoms with Crippen molar-refractivity contribution in [1.82, 2.24) is 4.90 Å². The lowest BCUT2D eigenvalue weighted by atomic mass is 9.98. The summed E-state index contributed by atoms with van der Waals surface area (Å²) < 4.78 is 10.7. The van der Waals surface area contributed by atoms with Crippen molar-refractivity contribution < 1.29 is 24.2 Å². The van der Waals surface area contributed by atoms with Crippen molar-refractivity contribution >= 4 is 11.9 Å². The Morgan fingerprint density at radius 1 is 1.26 bits per heavy atom. The summed E-state index contributed by atoms with van der Waals surface area (Å²) >= 11 is 0. The van der Waals surface area contributed by atoms with Crippen LogP contribution in [0.2, 0.25) is 0 Å². The lowest BCUT2D eigenvalue weighted by molar-refractivity contribution is -0.145. The molecule has 1 atom stereocenters. The Morgan fingerprint density at radius 2 is 1.96 bits per heavy atom. The number of benzene rings is 1. The molecule has 6 heteroatoms. The first kappa shape index (κ1) is 17.1. The van der Waals surface area contributed by atoms with Gasteiger partial charge in [-0.2, -0.15) is 0 Å². The molecular formula is C17H23NO5. The number of rotatable bonds is 7. The summed E-state index contributed by atoms with van der Waals surface area (Å²) in [5, 5.41) is 9.05. The second-order valence-corrected chi connectivity index (χ2v) is 5.64. The number of piperidine rings is 1. The van der Waals surface area contributed by atoms with Crippen molar-refractivity contribution in [3.63, 3.8) is 0 Å². The molecule has 1 amide bonds. The number of hydrogen-bond acceptors (Lipinski definition) is 4. The molecule has 0 saturated carbocycles. The maximum atomic E-state index is 12.1. The molecule has 0 bridgehead atoms. The minimum atomic E-state index is -0.815. The Balaban J connectivity index is 1.68. The summed E-state index contributed by atoms with van der Waals surface area (Å²) in [5.74, 6) is 0.274. The molecule has 1 N–H and O–H groups in total. The molecule has 23 heavy (non-hydrogen) atoms. The van der Waals surface area contributed by atoms with Gasteiger partial charge in [-0.05, 0) is 43.5 Å². The van der Waals surface area contributed by atoms with Crippen molar-refractivity contribution in [2.45, 2.75) is 25.7 Å². The number of carboxylic acids is 1. The van der Waals surface area contributed by atoms with Gasteiger partial charge in [0.15, 0.2) is 0 Å². The van der Waals surface area contributed by atoms with Gasteiger partial charge < -0.3 is 19.5 Å². The molecule has 1 saturated heterocycles. The molecule has 0 unspecified atom stereocenters. The molecule has 1 aromatic rings. The van der Waals surface area contributed by atoms with E-state index in [1.165, 1.54) is 0 Å². The third-order valence-electron chi connectivity index (χ3n) is 3.99.